The van der Waals surface area contributed by atoms with Gasteiger partial charge in [0.15, 0.2) is 0 Å². The van der Waals surface area contributed by atoms with Gasteiger partial charge in [-0.3, -0.25) is 4.79 Å². The number of benzene rings is 1. The SMILES string of the molecule is C=C/C=C(\C=C)C1(CNC(=O)c2ccccc2OC)CCC(C)CC1. The van der Waals surface area contributed by atoms with Gasteiger partial charge >= 0.3 is 0 Å². The zero-order chi connectivity index (χ0) is 18.3. The first kappa shape index (κ1) is 19.0. The fourth-order valence-electron chi connectivity index (χ4n) is 3.65. The highest BCUT2D eigenvalue weighted by atomic mass is 16.5. The first-order valence-corrected chi connectivity index (χ1v) is 8.93. The zero-order valence-corrected chi connectivity index (χ0v) is 15.4. The molecule has 0 aliphatic heterocycles. The minimum absolute atomic E-state index is 0.0693. The number of amides is 1. The lowest BCUT2D eigenvalue weighted by molar-refractivity contribution is 0.0918. The Morgan fingerprint density at radius 3 is 2.60 bits per heavy atom. The molecular formula is C22H29NO2. The van der Waals surface area contributed by atoms with E-state index in [1.165, 1.54) is 0 Å². The Morgan fingerprint density at radius 1 is 1.32 bits per heavy atom. The van der Waals surface area contributed by atoms with E-state index in [0.29, 0.717) is 17.9 Å². The summed E-state index contributed by atoms with van der Waals surface area (Å²) in [6.45, 7) is 10.7. The third-order valence-corrected chi connectivity index (χ3v) is 5.30. The van der Waals surface area contributed by atoms with Gasteiger partial charge in [0, 0.05) is 12.0 Å². The molecule has 0 aromatic heterocycles. The van der Waals surface area contributed by atoms with Crippen molar-refractivity contribution in [3.8, 4) is 5.75 Å². The predicted octanol–water partition coefficient (Wildman–Crippen LogP) is 4.92. The molecule has 1 aliphatic rings. The van der Waals surface area contributed by atoms with E-state index in [2.05, 4.69) is 25.4 Å². The Balaban J connectivity index is 2.20. The van der Waals surface area contributed by atoms with Gasteiger partial charge in [-0.05, 0) is 49.3 Å². The highest BCUT2D eigenvalue weighted by Gasteiger charge is 2.36. The Hall–Kier alpha value is -2.29. The van der Waals surface area contributed by atoms with Crippen molar-refractivity contribution in [2.75, 3.05) is 13.7 Å². The van der Waals surface area contributed by atoms with Crippen molar-refractivity contribution in [1.82, 2.24) is 5.32 Å². The van der Waals surface area contributed by atoms with Gasteiger partial charge in [0.25, 0.3) is 5.91 Å². The Morgan fingerprint density at radius 2 is 2.00 bits per heavy atom. The first-order valence-electron chi connectivity index (χ1n) is 8.93. The summed E-state index contributed by atoms with van der Waals surface area (Å²) >= 11 is 0. The highest BCUT2D eigenvalue weighted by molar-refractivity contribution is 5.96. The molecule has 0 unspecified atom stereocenters. The molecule has 25 heavy (non-hydrogen) atoms. The van der Waals surface area contributed by atoms with E-state index in [0.717, 1.165) is 37.2 Å². The molecule has 0 spiro atoms. The zero-order valence-electron chi connectivity index (χ0n) is 15.4. The number of hydrogen-bond donors (Lipinski definition) is 1. The van der Waals surface area contributed by atoms with Crippen molar-refractivity contribution in [1.29, 1.82) is 0 Å². The molecule has 0 heterocycles. The molecule has 1 amide bonds. The smallest absolute Gasteiger partial charge is 0.255 e. The summed E-state index contributed by atoms with van der Waals surface area (Å²) in [7, 11) is 1.58. The molecule has 1 aromatic carbocycles. The predicted molar refractivity (Wildman–Crippen MR) is 104 cm³/mol. The van der Waals surface area contributed by atoms with Crippen LogP contribution in [0.5, 0.6) is 5.75 Å². The average Bonchev–Trinajstić information content (AvgIpc) is 2.65. The van der Waals surface area contributed by atoms with E-state index >= 15 is 0 Å². The average molecular weight is 339 g/mol. The number of rotatable bonds is 7. The number of para-hydroxylation sites is 1. The second-order valence-corrected chi connectivity index (χ2v) is 6.91. The number of nitrogens with one attached hydrogen (secondary N) is 1. The van der Waals surface area contributed by atoms with E-state index in [9.17, 15) is 4.79 Å². The Bertz CT molecular complexity index is 652. The van der Waals surface area contributed by atoms with Gasteiger partial charge in [0.1, 0.15) is 5.75 Å². The van der Waals surface area contributed by atoms with Gasteiger partial charge in [0.2, 0.25) is 0 Å². The van der Waals surface area contributed by atoms with Crippen molar-refractivity contribution in [2.45, 2.75) is 32.6 Å². The van der Waals surface area contributed by atoms with Crippen molar-refractivity contribution < 1.29 is 9.53 Å². The molecule has 2 rings (SSSR count). The lowest BCUT2D eigenvalue weighted by atomic mass is 9.66. The molecule has 134 valence electrons. The standard InChI is InChI=1S/C22H29NO2/c1-5-9-18(6-2)22(14-12-17(3)13-15-22)16-23-21(24)19-10-7-8-11-20(19)25-4/h5-11,17H,1-2,12-16H2,3-4H3,(H,23,24)/b18-9+. The summed E-state index contributed by atoms with van der Waals surface area (Å²) < 4.78 is 5.30. The van der Waals surface area contributed by atoms with Crippen LogP contribution in [-0.4, -0.2) is 19.6 Å². The molecule has 0 bridgehead atoms. The normalized spacial score (nSPS) is 23.6. The van der Waals surface area contributed by atoms with E-state index in [1.54, 1.807) is 25.3 Å². The number of carbonyl (C=O) groups is 1. The van der Waals surface area contributed by atoms with E-state index in [-0.39, 0.29) is 11.3 Å². The third-order valence-electron chi connectivity index (χ3n) is 5.30. The van der Waals surface area contributed by atoms with Gasteiger partial charge in [-0.25, -0.2) is 0 Å². The summed E-state index contributed by atoms with van der Waals surface area (Å²) in [4.78, 5) is 12.7. The maximum atomic E-state index is 12.7. The Kier molecular flexibility index (Phi) is 6.63. The van der Waals surface area contributed by atoms with Gasteiger partial charge in [0.05, 0.1) is 12.7 Å². The number of allylic oxidation sites excluding steroid dienone is 3. The molecule has 1 aliphatic carbocycles. The summed E-state index contributed by atoms with van der Waals surface area (Å²) in [6, 6.07) is 7.31. The fourth-order valence-corrected chi connectivity index (χ4v) is 3.65. The lowest BCUT2D eigenvalue weighted by Crippen LogP contribution is -2.41. The maximum Gasteiger partial charge on any atom is 0.255 e. The Labute approximate surface area is 151 Å². The molecule has 3 nitrogen and oxygen atoms in total. The molecule has 1 fully saturated rings. The molecule has 0 atom stereocenters. The molecular weight excluding hydrogens is 310 g/mol. The summed E-state index contributed by atoms with van der Waals surface area (Å²) in [6.07, 6.45) is 10.2. The van der Waals surface area contributed by atoms with Gasteiger partial charge in [-0.2, -0.15) is 0 Å². The minimum atomic E-state index is -0.0996. The summed E-state index contributed by atoms with van der Waals surface area (Å²) in [5.74, 6) is 1.22. The van der Waals surface area contributed by atoms with Crippen LogP contribution in [0.2, 0.25) is 0 Å². The second kappa shape index (κ2) is 8.70. The van der Waals surface area contributed by atoms with Gasteiger partial charge < -0.3 is 10.1 Å². The number of carbonyl (C=O) groups excluding carboxylic acids is 1. The second-order valence-electron chi connectivity index (χ2n) is 6.91. The van der Waals surface area contributed by atoms with Crippen LogP contribution in [0.25, 0.3) is 0 Å². The lowest BCUT2D eigenvalue weighted by Gasteiger charge is -2.41. The molecule has 1 saturated carbocycles. The summed E-state index contributed by atoms with van der Waals surface area (Å²) in [5, 5.41) is 3.13. The van der Waals surface area contributed by atoms with Gasteiger partial charge in [-0.15, -0.1) is 0 Å². The summed E-state index contributed by atoms with van der Waals surface area (Å²) in [5.41, 5.74) is 1.66. The van der Waals surface area contributed by atoms with Crippen LogP contribution in [0.15, 0.2) is 61.2 Å². The van der Waals surface area contributed by atoms with Crippen LogP contribution in [0, 0.1) is 11.3 Å². The van der Waals surface area contributed by atoms with Crippen LogP contribution >= 0.6 is 0 Å². The van der Waals surface area contributed by atoms with Gasteiger partial charge in [-0.1, -0.05) is 50.4 Å². The van der Waals surface area contributed by atoms with E-state index in [1.807, 2.05) is 24.3 Å². The molecule has 1 N–H and O–H groups in total. The largest absolute Gasteiger partial charge is 0.496 e. The monoisotopic (exact) mass is 339 g/mol. The molecule has 3 heteroatoms. The third kappa shape index (κ3) is 4.41. The van der Waals surface area contributed by atoms with Crippen molar-refractivity contribution in [3.63, 3.8) is 0 Å². The van der Waals surface area contributed by atoms with Crippen LogP contribution in [0.4, 0.5) is 0 Å². The number of ether oxygens (including phenoxy) is 1. The van der Waals surface area contributed by atoms with E-state index < -0.39 is 0 Å². The van der Waals surface area contributed by atoms with Crippen LogP contribution in [0.1, 0.15) is 43.0 Å². The topological polar surface area (TPSA) is 38.3 Å². The first-order chi connectivity index (χ1) is 12.1. The van der Waals surface area contributed by atoms with Crippen molar-refractivity contribution >= 4 is 5.91 Å². The van der Waals surface area contributed by atoms with Crippen LogP contribution in [0.3, 0.4) is 0 Å². The number of methoxy groups -OCH3 is 1. The maximum absolute atomic E-state index is 12.7. The molecule has 1 aromatic rings. The van der Waals surface area contributed by atoms with E-state index in [4.69, 9.17) is 4.74 Å². The van der Waals surface area contributed by atoms with Crippen LogP contribution in [-0.2, 0) is 0 Å². The van der Waals surface area contributed by atoms with Crippen molar-refractivity contribution in [3.05, 3.63) is 66.8 Å². The number of hydrogen-bond acceptors (Lipinski definition) is 2. The quantitative estimate of drug-likeness (QED) is 0.716. The fraction of sp³-hybridized carbons (Fsp3) is 0.409. The minimum Gasteiger partial charge on any atom is -0.496 e. The van der Waals surface area contributed by atoms with Crippen LogP contribution < -0.4 is 10.1 Å². The van der Waals surface area contributed by atoms with Crippen molar-refractivity contribution in [2.24, 2.45) is 11.3 Å². The molecule has 0 radical (unpaired) electrons. The molecule has 0 saturated heterocycles. The highest BCUT2D eigenvalue weighted by Crippen LogP contribution is 2.44.